The van der Waals surface area contributed by atoms with Crippen molar-refractivity contribution in [3.63, 3.8) is 0 Å². The summed E-state index contributed by atoms with van der Waals surface area (Å²) in [6.45, 7) is 2.42. The third kappa shape index (κ3) is 10.7. The smallest absolute Gasteiger partial charge is 0.315 e. The summed E-state index contributed by atoms with van der Waals surface area (Å²) < 4.78 is 13.7. The lowest BCUT2D eigenvalue weighted by Crippen LogP contribution is -2.46. The predicted octanol–water partition coefficient (Wildman–Crippen LogP) is 6.49. The topological polar surface area (TPSA) is 141 Å². The number of ether oxygens (including phenoxy) is 2. The molecule has 1 fully saturated rings. The van der Waals surface area contributed by atoms with Crippen LogP contribution in [0.15, 0.2) is 133 Å². The maximum atomic E-state index is 12.8. The Balaban J connectivity index is 1.20. The van der Waals surface area contributed by atoms with Crippen molar-refractivity contribution in [2.75, 3.05) is 20.1 Å². The molecule has 0 aromatic heterocycles. The lowest BCUT2D eigenvalue weighted by Gasteiger charge is -2.44. The lowest BCUT2D eigenvalue weighted by molar-refractivity contribution is -0.263. The molecule has 10 nitrogen and oxygen atoms in total. The maximum Gasteiger partial charge on any atom is 0.315 e. The van der Waals surface area contributed by atoms with Crippen LogP contribution in [0, 0.1) is 0 Å². The molecule has 6 unspecified atom stereocenters. The standard InChI is InChI=1S/C45H49N3O7/c1-30(50)39(24-31-10-5-3-6-11-31)47-45(53)46-26-32-16-22-36(23-17-32)44-54-41(28-48(2)27-40(52)37-14-9-15-38(51)25-37)42(34-12-7-4-8-13-34)43(55-44)35-20-18-33(29-49)19-21-35/h3-23,25,39-44,49,51-52H,24,26-29H2,1-2H3,(H2,46,47,53). The number of nitrogens with one attached hydrogen (secondary N) is 2. The largest absolute Gasteiger partial charge is 0.508 e. The van der Waals surface area contributed by atoms with Crippen molar-refractivity contribution < 1.29 is 34.4 Å². The Kier molecular flexibility index (Phi) is 13.4. The second kappa shape index (κ2) is 18.8. The van der Waals surface area contributed by atoms with Crippen LogP contribution < -0.4 is 10.6 Å². The van der Waals surface area contributed by atoms with Crippen LogP contribution in [0.4, 0.5) is 4.79 Å². The summed E-state index contributed by atoms with van der Waals surface area (Å²) in [5.74, 6) is -0.245. The van der Waals surface area contributed by atoms with Crippen LogP contribution in [0.5, 0.6) is 5.75 Å². The number of aliphatic hydroxyl groups excluding tert-OH is 2. The van der Waals surface area contributed by atoms with E-state index in [4.69, 9.17) is 9.47 Å². The number of amides is 2. The van der Waals surface area contributed by atoms with Crippen LogP contribution >= 0.6 is 0 Å². The van der Waals surface area contributed by atoms with Gasteiger partial charge in [0.25, 0.3) is 0 Å². The van der Waals surface area contributed by atoms with E-state index in [0.29, 0.717) is 25.1 Å². The third-order valence-corrected chi connectivity index (χ3v) is 9.99. The van der Waals surface area contributed by atoms with E-state index in [1.165, 1.54) is 6.92 Å². The van der Waals surface area contributed by atoms with Gasteiger partial charge in [-0.15, -0.1) is 0 Å². The molecule has 1 aliphatic rings. The first-order chi connectivity index (χ1) is 26.7. The van der Waals surface area contributed by atoms with Gasteiger partial charge in [0.15, 0.2) is 12.1 Å². The zero-order valence-electron chi connectivity index (χ0n) is 31.1. The van der Waals surface area contributed by atoms with Gasteiger partial charge in [-0.1, -0.05) is 121 Å². The number of likely N-dealkylation sites (N-methyl/N-ethyl adjacent to an activating group) is 1. The highest BCUT2D eigenvalue weighted by Crippen LogP contribution is 2.47. The Bertz CT molecular complexity index is 1980. The first kappa shape index (κ1) is 39.3. The van der Waals surface area contributed by atoms with Gasteiger partial charge in [0.2, 0.25) is 0 Å². The zero-order chi connectivity index (χ0) is 38.7. The summed E-state index contributed by atoms with van der Waals surface area (Å²) in [6.07, 6.45) is -1.95. The zero-order valence-corrected chi connectivity index (χ0v) is 31.1. The molecule has 1 saturated heterocycles. The molecule has 5 aromatic carbocycles. The summed E-state index contributed by atoms with van der Waals surface area (Å²) in [6, 6.07) is 40.7. The minimum absolute atomic E-state index is 0.0670. The number of phenols is 1. The molecular weight excluding hydrogens is 695 g/mol. The highest BCUT2D eigenvalue weighted by Gasteiger charge is 2.42. The van der Waals surface area contributed by atoms with E-state index in [2.05, 4.69) is 22.8 Å². The Morgan fingerprint density at radius 1 is 0.764 bits per heavy atom. The fraction of sp³-hybridized carbons (Fsp3) is 0.289. The van der Waals surface area contributed by atoms with Crippen LogP contribution in [-0.4, -0.2) is 64.3 Å². The van der Waals surface area contributed by atoms with Crippen LogP contribution in [0.3, 0.4) is 0 Å². The number of aliphatic hydroxyl groups is 2. The number of hydrogen-bond donors (Lipinski definition) is 5. The lowest BCUT2D eigenvalue weighted by atomic mass is 9.83. The van der Waals surface area contributed by atoms with Gasteiger partial charge in [0.1, 0.15) is 5.75 Å². The summed E-state index contributed by atoms with van der Waals surface area (Å²) in [4.78, 5) is 27.1. The quantitative estimate of drug-likeness (QED) is 0.0821. The fourth-order valence-corrected chi connectivity index (χ4v) is 7.01. The molecule has 5 aromatic rings. The van der Waals surface area contributed by atoms with Crippen molar-refractivity contribution in [2.45, 2.75) is 63.1 Å². The minimum atomic E-state index is -0.829. The second-order valence-corrected chi connectivity index (χ2v) is 14.2. The normalized spacial score (nSPS) is 19.4. The molecule has 0 radical (unpaired) electrons. The highest BCUT2D eigenvalue weighted by molar-refractivity contribution is 5.87. The first-order valence-electron chi connectivity index (χ1n) is 18.6. The van der Waals surface area contributed by atoms with Crippen molar-refractivity contribution in [1.29, 1.82) is 0 Å². The average molecular weight is 744 g/mol. The van der Waals surface area contributed by atoms with Crippen molar-refractivity contribution in [1.82, 2.24) is 15.5 Å². The number of carbonyl (C=O) groups excluding carboxylic acids is 2. The maximum absolute atomic E-state index is 12.8. The number of benzene rings is 5. The van der Waals surface area contributed by atoms with Crippen molar-refractivity contribution in [3.05, 3.63) is 172 Å². The van der Waals surface area contributed by atoms with Crippen molar-refractivity contribution >= 4 is 11.8 Å². The molecule has 0 saturated carbocycles. The number of hydrogen-bond acceptors (Lipinski definition) is 8. The monoisotopic (exact) mass is 743 g/mol. The van der Waals surface area contributed by atoms with Gasteiger partial charge in [-0.05, 0) is 65.9 Å². The Hall–Kier alpha value is -5.36. The number of carbonyl (C=O) groups is 2. The van der Waals surface area contributed by atoms with E-state index < -0.39 is 30.6 Å². The predicted molar refractivity (Wildman–Crippen MR) is 210 cm³/mol. The van der Waals surface area contributed by atoms with Crippen LogP contribution in [-0.2, 0) is 33.8 Å². The van der Waals surface area contributed by atoms with Crippen LogP contribution in [0.1, 0.15) is 70.3 Å². The average Bonchev–Trinajstić information content (AvgIpc) is 3.20. The Labute approximate surface area is 322 Å². The molecule has 286 valence electrons. The number of ketones is 1. The van der Waals surface area contributed by atoms with Crippen LogP contribution in [0.25, 0.3) is 0 Å². The summed E-state index contributed by atoms with van der Waals surface area (Å²) in [5, 5.41) is 36.5. The van der Waals surface area contributed by atoms with E-state index in [1.54, 1.807) is 24.3 Å². The second-order valence-electron chi connectivity index (χ2n) is 14.2. The number of nitrogens with zero attached hydrogens (tertiary/aromatic N) is 1. The number of aromatic hydroxyl groups is 1. The third-order valence-electron chi connectivity index (χ3n) is 9.99. The molecule has 10 heteroatoms. The number of urea groups is 1. The Morgan fingerprint density at radius 2 is 1.42 bits per heavy atom. The van der Waals surface area contributed by atoms with Gasteiger partial charge in [-0.2, -0.15) is 0 Å². The highest BCUT2D eigenvalue weighted by atomic mass is 16.7. The number of rotatable bonds is 15. The molecule has 0 bridgehead atoms. The van der Waals surface area contributed by atoms with Crippen molar-refractivity contribution in [3.8, 4) is 5.75 Å². The molecule has 6 rings (SSSR count). The van der Waals surface area contributed by atoms with Gasteiger partial charge in [-0.25, -0.2) is 4.79 Å². The van der Waals surface area contributed by atoms with E-state index in [1.807, 2.05) is 109 Å². The van der Waals surface area contributed by atoms with Gasteiger partial charge < -0.3 is 40.3 Å². The van der Waals surface area contributed by atoms with E-state index >= 15 is 0 Å². The van der Waals surface area contributed by atoms with E-state index in [-0.39, 0.29) is 36.7 Å². The van der Waals surface area contributed by atoms with Crippen LogP contribution in [0.2, 0.25) is 0 Å². The Morgan fingerprint density at radius 3 is 2.07 bits per heavy atom. The molecular formula is C45H49N3O7. The molecule has 2 amide bonds. The van der Waals surface area contributed by atoms with Gasteiger partial charge in [0.05, 0.1) is 31.0 Å². The van der Waals surface area contributed by atoms with E-state index in [9.17, 15) is 24.9 Å². The van der Waals surface area contributed by atoms with Crippen molar-refractivity contribution in [2.24, 2.45) is 0 Å². The fourth-order valence-electron chi connectivity index (χ4n) is 7.01. The SMILES string of the molecule is CC(=O)C(Cc1ccccc1)NC(=O)NCc1ccc(C2OC(CN(C)CC(O)c3cccc(O)c3)C(c3ccccc3)C(c3ccc(CO)cc3)O2)cc1. The van der Waals surface area contributed by atoms with Gasteiger partial charge in [-0.3, -0.25) is 4.79 Å². The molecule has 0 spiro atoms. The first-order valence-corrected chi connectivity index (χ1v) is 18.6. The number of phenolic OH excluding ortho intramolecular Hbond substituents is 1. The summed E-state index contributed by atoms with van der Waals surface area (Å²) in [7, 11) is 1.94. The van der Waals surface area contributed by atoms with E-state index in [0.717, 1.165) is 33.4 Å². The molecule has 55 heavy (non-hydrogen) atoms. The van der Waals surface area contributed by atoms with Gasteiger partial charge in [0, 0.05) is 31.1 Å². The molecule has 6 atom stereocenters. The summed E-state index contributed by atoms with van der Waals surface area (Å²) in [5.41, 5.74) is 6.01. The molecule has 5 N–H and O–H groups in total. The molecule has 1 heterocycles. The molecule has 0 aliphatic carbocycles. The molecule has 1 aliphatic heterocycles. The summed E-state index contributed by atoms with van der Waals surface area (Å²) >= 11 is 0. The minimum Gasteiger partial charge on any atom is -0.508 e. The van der Waals surface area contributed by atoms with Gasteiger partial charge >= 0.3 is 6.03 Å². The number of Topliss-reactive ketones (excluding diaryl/α,β-unsaturated/α-hetero) is 1.